The van der Waals surface area contributed by atoms with Gasteiger partial charge in [0, 0.05) is 88.9 Å². The number of carbonyl (C=O) groups excluding carboxylic acids is 4. The van der Waals surface area contributed by atoms with Crippen molar-refractivity contribution in [2.24, 2.45) is 11.8 Å². The topological polar surface area (TPSA) is 99.7 Å². The molecular formula is C44H50F6N4O6. The first kappa shape index (κ1) is 41.2. The zero-order valence-electron chi connectivity index (χ0n) is 33.3. The number of urea groups is 2. The predicted molar refractivity (Wildman–Crippen MR) is 204 cm³/mol. The Morgan fingerprint density at radius 2 is 0.883 bits per heavy atom. The summed E-state index contributed by atoms with van der Waals surface area (Å²) in [6.45, 7) is 5.01. The van der Waals surface area contributed by atoms with E-state index < -0.39 is 23.2 Å². The van der Waals surface area contributed by atoms with E-state index in [0.29, 0.717) is 76.3 Å². The van der Waals surface area contributed by atoms with E-state index in [4.69, 9.17) is 9.47 Å². The molecule has 60 heavy (non-hydrogen) atoms. The van der Waals surface area contributed by atoms with Crippen LogP contribution in [0.2, 0.25) is 0 Å². The van der Waals surface area contributed by atoms with E-state index in [1.165, 1.54) is 0 Å². The number of likely N-dealkylation sites (tertiary alicyclic amines) is 4. The van der Waals surface area contributed by atoms with Crippen LogP contribution in [0.15, 0.2) is 48.5 Å². The molecule has 0 radical (unpaired) electrons. The normalized spacial score (nSPS) is 28.7. The van der Waals surface area contributed by atoms with Crippen LogP contribution in [0.5, 0.6) is 0 Å². The van der Waals surface area contributed by atoms with Gasteiger partial charge in [0.25, 0.3) is 0 Å². The van der Waals surface area contributed by atoms with Crippen molar-refractivity contribution in [1.82, 2.24) is 19.6 Å². The molecular weight excluding hydrogens is 794 g/mol. The lowest BCUT2D eigenvalue weighted by Crippen LogP contribution is -2.58. The Morgan fingerprint density at radius 3 is 1.20 bits per heavy atom. The first-order valence-corrected chi connectivity index (χ1v) is 21.2. The Balaban J connectivity index is 0.000000154. The van der Waals surface area contributed by atoms with E-state index >= 15 is 0 Å². The fourth-order valence-corrected chi connectivity index (χ4v) is 10.3. The third kappa shape index (κ3) is 7.68. The zero-order valence-corrected chi connectivity index (χ0v) is 33.3. The smallest absolute Gasteiger partial charge is 0.370 e. The number of ketones is 2. The molecule has 4 amide bonds. The number of hydrogen-bond acceptors (Lipinski definition) is 6. The van der Waals surface area contributed by atoms with E-state index in [9.17, 15) is 45.5 Å². The molecule has 2 saturated carbocycles. The largest absolute Gasteiger partial charge is 0.398 e. The minimum absolute atomic E-state index is 0.0200. The van der Waals surface area contributed by atoms with Crippen molar-refractivity contribution in [3.8, 4) is 0 Å². The van der Waals surface area contributed by atoms with Crippen LogP contribution < -0.4 is 0 Å². The zero-order chi connectivity index (χ0) is 42.2. The molecule has 6 aliphatic heterocycles. The Kier molecular flexibility index (Phi) is 10.5. The van der Waals surface area contributed by atoms with Gasteiger partial charge in [-0.1, -0.05) is 48.5 Å². The summed E-state index contributed by atoms with van der Waals surface area (Å²) in [5.74, 6) is 0.657. The summed E-state index contributed by atoms with van der Waals surface area (Å²) in [6, 6.07) is 13.5. The van der Waals surface area contributed by atoms with Crippen molar-refractivity contribution in [1.29, 1.82) is 0 Å². The molecule has 8 fully saturated rings. The van der Waals surface area contributed by atoms with Crippen LogP contribution in [0.25, 0.3) is 0 Å². The fraction of sp³-hybridized carbons (Fsp3) is 0.636. The Morgan fingerprint density at radius 1 is 0.533 bits per heavy atom. The summed E-state index contributed by atoms with van der Waals surface area (Å²) in [5, 5.41) is 0. The van der Waals surface area contributed by atoms with Crippen LogP contribution >= 0.6 is 0 Å². The lowest BCUT2D eigenvalue weighted by Gasteiger charge is -2.46. The summed E-state index contributed by atoms with van der Waals surface area (Å²) in [5.41, 5.74) is -0.653. The number of fused-ring (bicyclic) bond motifs is 2. The van der Waals surface area contributed by atoms with Gasteiger partial charge in [-0.25, -0.2) is 9.59 Å². The van der Waals surface area contributed by atoms with Crippen LogP contribution in [0.1, 0.15) is 85.5 Å². The summed E-state index contributed by atoms with van der Waals surface area (Å²) in [6.07, 6.45) is -5.15. The van der Waals surface area contributed by atoms with Crippen molar-refractivity contribution in [3.63, 3.8) is 0 Å². The Bertz CT molecular complexity index is 1830. The molecule has 2 aromatic rings. The number of hydrogen-bond donors (Lipinski definition) is 0. The maximum Gasteiger partial charge on any atom is 0.398 e. The highest BCUT2D eigenvalue weighted by Gasteiger charge is 2.65. The van der Waals surface area contributed by atoms with Crippen molar-refractivity contribution < 1.29 is 55.0 Å². The highest BCUT2D eigenvalue weighted by molar-refractivity contribution is 5.82. The Labute approximate surface area is 344 Å². The number of alkyl halides is 6. The third-order valence-electron chi connectivity index (χ3n) is 14.5. The monoisotopic (exact) mass is 844 g/mol. The number of ether oxygens (including phenoxy) is 2. The number of amides is 4. The van der Waals surface area contributed by atoms with E-state index in [2.05, 4.69) is 0 Å². The maximum absolute atomic E-state index is 13.3. The first-order chi connectivity index (χ1) is 28.5. The molecule has 8 aliphatic rings. The lowest BCUT2D eigenvalue weighted by atomic mass is 9.87. The molecule has 6 heterocycles. The van der Waals surface area contributed by atoms with E-state index in [1.807, 2.05) is 9.80 Å². The summed E-state index contributed by atoms with van der Waals surface area (Å²) in [7, 11) is 0. The fourth-order valence-electron chi connectivity index (χ4n) is 10.3. The molecule has 16 heteroatoms. The molecule has 0 spiro atoms. The number of rotatable bonds is 4. The maximum atomic E-state index is 13.3. The molecule has 2 aliphatic carbocycles. The van der Waals surface area contributed by atoms with Gasteiger partial charge < -0.3 is 29.1 Å². The van der Waals surface area contributed by atoms with Gasteiger partial charge >= 0.3 is 24.4 Å². The lowest BCUT2D eigenvalue weighted by molar-refractivity contribution is -0.161. The quantitative estimate of drug-likeness (QED) is 0.309. The number of halogens is 6. The average Bonchev–Trinajstić information content (AvgIpc) is 4.11. The molecule has 10 nitrogen and oxygen atoms in total. The van der Waals surface area contributed by atoms with Gasteiger partial charge in [-0.2, -0.15) is 26.3 Å². The van der Waals surface area contributed by atoms with Gasteiger partial charge in [0.2, 0.25) is 0 Å². The number of Topliss-reactive ketones (excluding diaryl/α,β-unsaturated/α-hetero) is 2. The summed E-state index contributed by atoms with van der Waals surface area (Å²) in [4.78, 5) is 56.1. The van der Waals surface area contributed by atoms with Crippen LogP contribution in [-0.2, 0) is 29.9 Å². The number of piperidine rings is 2. The van der Waals surface area contributed by atoms with Crippen LogP contribution in [0, 0.1) is 11.8 Å². The molecule has 0 unspecified atom stereocenters. The second-order valence-electron chi connectivity index (χ2n) is 18.3. The molecule has 2 aromatic carbocycles. The van der Waals surface area contributed by atoms with Gasteiger partial charge in [0.1, 0.15) is 13.2 Å². The van der Waals surface area contributed by atoms with E-state index in [1.54, 1.807) is 58.3 Å². The second kappa shape index (κ2) is 15.3. The Hall–Kier alpha value is -4.18. The molecule has 324 valence electrons. The number of nitrogens with zero attached hydrogens (tertiary/aromatic N) is 4. The average molecular weight is 845 g/mol. The number of carbonyl (C=O) groups is 4. The van der Waals surface area contributed by atoms with Gasteiger partial charge in [-0.3, -0.25) is 9.59 Å². The second-order valence-corrected chi connectivity index (χ2v) is 18.3. The standard InChI is InChI=1S/2C22H25F3N2O3/c2*23-22(24,25)21(6-7-21)17-3-1-14(2-4-17)16-11-27(12-16)20(29)26-8-5-19-15(10-26)9-18(28)13-30-19/h2*1-4,15-16,19H,5-13H2/t2*15-,19-/m10/s1. The molecule has 6 saturated heterocycles. The molecule has 4 atom stereocenters. The predicted octanol–water partition coefficient (Wildman–Crippen LogP) is 6.96. The molecule has 0 bridgehead atoms. The summed E-state index contributed by atoms with van der Waals surface area (Å²) < 4.78 is 90.9. The van der Waals surface area contributed by atoms with Gasteiger partial charge in [-0.15, -0.1) is 0 Å². The van der Waals surface area contributed by atoms with Crippen LogP contribution in [0.3, 0.4) is 0 Å². The van der Waals surface area contributed by atoms with E-state index in [-0.39, 0.29) is 98.4 Å². The molecule has 10 rings (SSSR count). The first-order valence-electron chi connectivity index (χ1n) is 21.2. The van der Waals surface area contributed by atoms with Crippen molar-refractivity contribution in [3.05, 3.63) is 70.8 Å². The minimum atomic E-state index is -4.20. The highest BCUT2D eigenvalue weighted by Crippen LogP contribution is 2.60. The molecule has 0 aromatic heterocycles. The van der Waals surface area contributed by atoms with Crippen molar-refractivity contribution in [2.75, 3.05) is 65.6 Å². The van der Waals surface area contributed by atoms with Crippen molar-refractivity contribution in [2.45, 2.75) is 98.6 Å². The van der Waals surface area contributed by atoms with Crippen molar-refractivity contribution >= 4 is 23.6 Å². The van der Waals surface area contributed by atoms with E-state index in [0.717, 1.165) is 24.0 Å². The highest BCUT2D eigenvalue weighted by atomic mass is 19.4. The van der Waals surface area contributed by atoms with Gasteiger partial charge in [-0.05, 0) is 60.8 Å². The SMILES string of the molecule is O=C1CO[C@@H]2CCN(C(=O)N3CC(c4ccc(C5(C(F)(F)F)CC5)cc4)C3)C[C@H]2C1.O=C1CO[C@H]2CCN(C(=O)N3CC(c4ccc(C5(C(F)(F)F)CC5)cc4)C3)C[C@@H]2C1. The molecule has 0 N–H and O–H groups in total. The summed E-state index contributed by atoms with van der Waals surface area (Å²) >= 11 is 0. The van der Waals surface area contributed by atoms with Crippen LogP contribution in [0.4, 0.5) is 35.9 Å². The van der Waals surface area contributed by atoms with Gasteiger partial charge in [0.15, 0.2) is 11.6 Å². The van der Waals surface area contributed by atoms with Crippen LogP contribution in [-0.4, -0.2) is 133 Å². The number of benzene rings is 2. The van der Waals surface area contributed by atoms with Gasteiger partial charge in [0.05, 0.1) is 23.0 Å². The minimum Gasteiger partial charge on any atom is -0.370 e. The third-order valence-corrected chi connectivity index (χ3v) is 14.5.